The van der Waals surface area contributed by atoms with Gasteiger partial charge in [-0.15, -0.1) is 0 Å². The summed E-state index contributed by atoms with van der Waals surface area (Å²) in [6.07, 6.45) is 4.51. The van der Waals surface area contributed by atoms with Crippen LogP contribution >= 0.6 is 0 Å². The van der Waals surface area contributed by atoms with Crippen molar-refractivity contribution in [2.45, 2.75) is 45.4 Å². The van der Waals surface area contributed by atoms with Gasteiger partial charge < -0.3 is 14.5 Å². The van der Waals surface area contributed by atoms with E-state index in [-0.39, 0.29) is 17.2 Å². The normalized spacial score (nSPS) is 23.7. The Morgan fingerprint density at radius 1 is 1.35 bits per heavy atom. The minimum atomic E-state index is 0.0384. The van der Waals surface area contributed by atoms with E-state index < -0.39 is 0 Å². The van der Waals surface area contributed by atoms with Gasteiger partial charge in [-0.05, 0) is 26.2 Å². The lowest BCUT2D eigenvalue weighted by molar-refractivity contribution is -0.143. The first-order chi connectivity index (χ1) is 12.5. The molecule has 1 atom stereocenters. The summed E-state index contributed by atoms with van der Waals surface area (Å²) in [6, 6.07) is 0. The summed E-state index contributed by atoms with van der Waals surface area (Å²) in [6.45, 7) is 5.33. The number of nitrogens with zero attached hydrogens (tertiary/aromatic N) is 4. The summed E-state index contributed by atoms with van der Waals surface area (Å²) in [7, 11) is 1.65. The summed E-state index contributed by atoms with van der Waals surface area (Å²) in [4.78, 5) is 33.0. The SMILES string of the molecule is COCCN1CC2(CCCN(C(=O)CCc3n[nH]c(C)n3)C2)CCC1=O. The molecule has 1 unspecified atom stereocenters. The number of methoxy groups -OCH3 is 1. The van der Waals surface area contributed by atoms with Gasteiger partial charge in [0.1, 0.15) is 5.82 Å². The number of carbonyl (C=O) groups is 2. The van der Waals surface area contributed by atoms with E-state index in [0.717, 1.165) is 44.7 Å². The summed E-state index contributed by atoms with van der Waals surface area (Å²) < 4.78 is 5.13. The molecule has 2 saturated heterocycles. The lowest BCUT2D eigenvalue weighted by Gasteiger charge is -2.48. The number of hydrogen-bond donors (Lipinski definition) is 1. The van der Waals surface area contributed by atoms with E-state index in [1.807, 2.05) is 16.7 Å². The molecule has 3 heterocycles. The molecular weight excluding hydrogens is 334 g/mol. The van der Waals surface area contributed by atoms with E-state index in [2.05, 4.69) is 15.2 Å². The molecule has 0 bridgehead atoms. The topological polar surface area (TPSA) is 91.4 Å². The molecule has 0 aliphatic carbocycles. The van der Waals surface area contributed by atoms with Gasteiger partial charge in [-0.25, -0.2) is 4.98 Å². The predicted octanol–water partition coefficient (Wildman–Crippen LogP) is 0.923. The number of carbonyl (C=O) groups excluding carboxylic acids is 2. The molecule has 8 nitrogen and oxygen atoms in total. The second-order valence-corrected chi connectivity index (χ2v) is 7.56. The van der Waals surface area contributed by atoms with Gasteiger partial charge in [-0.1, -0.05) is 0 Å². The lowest BCUT2D eigenvalue weighted by atomic mass is 9.73. The zero-order valence-corrected chi connectivity index (χ0v) is 15.8. The molecule has 1 aromatic heterocycles. The zero-order chi connectivity index (χ0) is 18.6. The van der Waals surface area contributed by atoms with Crippen molar-refractivity contribution in [1.82, 2.24) is 25.0 Å². The largest absolute Gasteiger partial charge is 0.383 e. The van der Waals surface area contributed by atoms with Crippen LogP contribution in [-0.2, 0) is 20.7 Å². The van der Waals surface area contributed by atoms with Gasteiger partial charge in [0, 0.05) is 58.0 Å². The van der Waals surface area contributed by atoms with Crippen molar-refractivity contribution in [1.29, 1.82) is 0 Å². The van der Waals surface area contributed by atoms with Crippen LogP contribution < -0.4 is 0 Å². The van der Waals surface area contributed by atoms with Crippen LogP contribution in [0.3, 0.4) is 0 Å². The van der Waals surface area contributed by atoms with E-state index >= 15 is 0 Å². The van der Waals surface area contributed by atoms with Crippen molar-refractivity contribution in [3.05, 3.63) is 11.6 Å². The van der Waals surface area contributed by atoms with Crippen LogP contribution in [0.1, 0.15) is 43.8 Å². The highest BCUT2D eigenvalue weighted by Gasteiger charge is 2.42. The van der Waals surface area contributed by atoms with Crippen molar-refractivity contribution in [3.63, 3.8) is 0 Å². The third kappa shape index (κ3) is 4.41. The van der Waals surface area contributed by atoms with Crippen molar-refractivity contribution < 1.29 is 14.3 Å². The molecule has 2 aliphatic heterocycles. The second kappa shape index (κ2) is 8.16. The van der Waals surface area contributed by atoms with Crippen molar-refractivity contribution in [2.24, 2.45) is 5.41 Å². The van der Waals surface area contributed by atoms with Crippen LogP contribution in [-0.4, -0.2) is 76.7 Å². The fourth-order valence-corrected chi connectivity index (χ4v) is 4.14. The van der Waals surface area contributed by atoms with Crippen molar-refractivity contribution in [2.75, 3.05) is 39.9 Å². The van der Waals surface area contributed by atoms with Crippen LogP contribution in [0.5, 0.6) is 0 Å². The predicted molar refractivity (Wildman–Crippen MR) is 95.4 cm³/mol. The first-order valence-corrected chi connectivity index (χ1v) is 9.44. The molecule has 8 heteroatoms. The maximum Gasteiger partial charge on any atom is 0.223 e. The van der Waals surface area contributed by atoms with Gasteiger partial charge in [0.25, 0.3) is 0 Å². The first-order valence-electron chi connectivity index (χ1n) is 9.44. The number of H-pyrrole nitrogens is 1. The standard InChI is InChI=1S/C18H29N5O3/c1-14-19-15(21-20-14)4-5-16(24)22-9-3-7-18(12-22)8-6-17(25)23(13-18)10-11-26-2/h3-13H2,1-2H3,(H,19,20,21). The number of aromatic nitrogens is 3. The average Bonchev–Trinajstić information content (AvgIpc) is 3.06. The number of nitrogens with one attached hydrogen (secondary N) is 1. The van der Waals surface area contributed by atoms with Crippen molar-refractivity contribution in [3.8, 4) is 0 Å². The maximum absolute atomic E-state index is 12.7. The molecule has 2 amide bonds. The molecule has 2 aliphatic rings. The van der Waals surface area contributed by atoms with Gasteiger partial charge in [0.2, 0.25) is 11.8 Å². The molecule has 0 aromatic carbocycles. The number of hydrogen-bond acceptors (Lipinski definition) is 5. The highest BCUT2D eigenvalue weighted by Crippen LogP contribution is 2.39. The van der Waals surface area contributed by atoms with Crippen LogP contribution in [0.25, 0.3) is 0 Å². The number of rotatable bonds is 6. The fraction of sp³-hybridized carbons (Fsp3) is 0.778. The number of likely N-dealkylation sites (tertiary alicyclic amines) is 2. The van der Waals surface area contributed by atoms with E-state index in [1.165, 1.54) is 0 Å². The van der Waals surface area contributed by atoms with Gasteiger partial charge in [0.15, 0.2) is 5.82 Å². The number of aryl methyl sites for hydroxylation is 2. The molecule has 1 N–H and O–H groups in total. The minimum Gasteiger partial charge on any atom is -0.383 e. The molecule has 0 radical (unpaired) electrons. The Hall–Kier alpha value is -1.96. The van der Waals surface area contributed by atoms with Gasteiger partial charge in [-0.2, -0.15) is 5.10 Å². The van der Waals surface area contributed by atoms with Crippen molar-refractivity contribution >= 4 is 11.8 Å². The summed E-state index contributed by atoms with van der Waals surface area (Å²) in [5, 5.41) is 6.91. The number of amides is 2. The monoisotopic (exact) mass is 363 g/mol. The number of aromatic amines is 1. The smallest absolute Gasteiger partial charge is 0.223 e. The summed E-state index contributed by atoms with van der Waals surface area (Å²) in [5.74, 6) is 1.83. The van der Waals surface area contributed by atoms with Crippen LogP contribution in [0.4, 0.5) is 0 Å². The zero-order valence-electron chi connectivity index (χ0n) is 15.8. The van der Waals surface area contributed by atoms with Crippen LogP contribution in [0.15, 0.2) is 0 Å². The molecular formula is C18H29N5O3. The Kier molecular flexibility index (Phi) is 5.90. The average molecular weight is 363 g/mol. The van der Waals surface area contributed by atoms with Crippen LogP contribution in [0, 0.1) is 12.3 Å². The van der Waals surface area contributed by atoms with E-state index in [4.69, 9.17) is 4.74 Å². The lowest BCUT2D eigenvalue weighted by Crippen LogP contribution is -2.55. The third-order valence-corrected chi connectivity index (χ3v) is 5.53. The maximum atomic E-state index is 12.7. The summed E-state index contributed by atoms with van der Waals surface area (Å²) >= 11 is 0. The van der Waals surface area contributed by atoms with E-state index in [1.54, 1.807) is 7.11 Å². The fourth-order valence-electron chi connectivity index (χ4n) is 4.14. The highest BCUT2D eigenvalue weighted by molar-refractivity contribution is 5.78. The highest BCUT2D eigenvalue weighted by atomic mass is 16.5. The van der Waals surface area contributed by atoms with Crippen LogP contribution in [0.2, 0.25) is 0 Å². The van der Waals surface area contributed by atoms with Gasteiger partial charge in [0.05, 0.1) is 6.61 Å². The first kappa shape index (κ1) is 18.8. The Balaban J connectivity index is 1.57. The molecule has 0 saturated carbocycles. The number of ether oxygens (including phenoxy) is 1. The summed E-state index contributed by atoms with van der Waals surface area (Å²) in [5.41, 5.74) is 0.0384. The quantitative estimate of drug-likeness (QED) is 0.812. The molecule has 1 aromatic rings. The second-order valence-electron chi connectivity index (χ2n) is 7.56. The molecule has 2 fully saturated rings. The third-order valence-electron chi connectivity index (χ3n) is 5.53. The Morgan fingerprint density at radius 3 is 2.92 bits per heavy atom. The number of piperidine rings is 2. The molecule has 26 heavy (non-hydrogen) atoms. The van der Waals surface area contributed by atoms with E-state index in [9.17, 15) is 9.59 Å². The Morgan fingerprint density at radius 2 is 2.19 bits per heavy atom. The Labute approximate surface area is 154 Å². The minimum absolute atomic E-state index is 0.0384. The van der Waals surface area contributed by atoms with Gasteiger partial charge in [-0.3, -0.25) is 14.7 Å². The van der Waals surface area contributed by atoms with E-state index in [0.29, 0.717) is 38.2 Å². The van der Waals surface area contributed by atoms with Gasteiger partial charge >= 0.3 is 0 Å². The molecule has 3 rings (SSSR count). The Bertz CT molecular complexity index is 647. The molecule has 1 spiro atoms. The molecule has 144 valence electrons.